The van der Waals surface area contributed by atoms with Gasteiger partial charge in [0.25, 0.3) is 5.91 Å². The van der Waals surface area contributed by atoms with Crippen LogP contribution in [-0.4, -0.2) is 10.9 Å². The first-order valence-electron chi connectivity index (χ1n) is 7.85. The molecule has 2 N–H and O–H groups in total. The largest absolute Gasteiger partial charge is 0.358 e. The molecule has 0 aliphatic rings. The van der Waals surface area contributed by atoms with Gasteiger partial charge in [0, 0.05) is 27.6 Å². The lowest BCUT2D eigenvalue weighted by Gasteiger charge is -2.15. The molecule has 0 aliphatic heterocycles. The van der Waals surface area contributed by atoms with Crippen LogP contribution in [0.3, 0.4) is 0 Å². The first kappa shape index (κ1) is 15.3. The number of fused-ring (bicyclic) bond motifs is 1. The quantitative estimate of drug-likeness (QED) is 0.685. The first-order chi connectivity index (χ1) is 10.8. The van der Waals surface area contributed by atoms with Crippen molar-refractivity contribution >= 4 is 22.5 Å². The Kier molecular flexibility index (Phi) is 3.72. The highest BCUT2D eigenvalue weighted by atomic mass is 16.1. The highest BCUT2D eigenvalue weighted by molar-refractivity contribution is 6.08. The van der Waals surface area contributed by atoms with Crippen molar-refractivity contribution in [2.45, 2.75) is 33.1 Å². The number of rotatable bonds is 2. The van der Waals surface area contributed by atoms with E-state index in [2.05, 4.69) is 37.1 Å². The van der Waals surface area contributed by atoms with Gasteiger partial charge in [0.2, 0.25) is 0 Å². The van der Waals surface area contributed by atoms with E-state index in [0.29, 0.717) is 5.56 Å². The van der Waals surface area contributed by atoms with Crippen LogP contribution < -0.4 is 5.32 Å². The predicted octanol–water partition coefficient (Wildman–Crippen LogP) is 5.03. The van der Waals surface area contributed by atoms with Gasteiger partial charge in [-0.1, -0.05) is 44.5 Å². The summed E-state index contributed by atoms with van der Waals surface area (Å²) in [5, 5.41) is 4.07. The van der Waals surface area contributed by atoms with Crippen molar-refractivity contribution in [3.05, 3.63) is 65.4 Å². The van der Waals surface area contributed by atoms with Crippen molar-refractivity contribution < 1.29 is 4.79 Å². The fourth-order valence-corrected chi connectivity index (χ4v) is 2.57. The Morgan fingerprint density at radius 1 is 1.04 bits per heavy atom. The van der Waals surface area contributed by atoms with E-state index in [1.165, 1.54) is 0 Å². The molecule has 0 unspecified atom stereocenters. The van der Waals surface area contributed by atoms with Crippen LogP contribution in [0.2, 0.25) is 0 Å². The van der Waals surface area contributed by atoms with E-state index in [4.69, 9.17) is 0 Å². The average molecular weight is 306 g/mol. The zero-order chi connectivity index (χ0) is 16.6. The monoisotopic (exact) mass is 306 g/mol. The van der Waals surface area contributed by atoms with Crippen molar-refractivity contribution in [1.82, 2.24) is 4.98 Å². The molecular formula is C20H22N2O. The van der Waals surface area contributed by atoms with Crippen LogP contribution in [0.5, 0.6) is 0 Å². The lowest BCUT2D eigenvalue weighted by molar-refractivity contribution is 0.102. The number of H-pyrrole nitrogens is 1. The second-order valence-corrected chi connectivity index (χ2v) is 7.02. The molecule has 23 heavy (non-hydrogen) atoms. The lowest BCUT2D eigenvalue weighted by Crippen LogP contribution is -2.12. The molecule has 0 spiro atoms. The third-order valence-corrected chi connectivity index (χ3v) is 4.03. The molecule has 0 saturated heterocycles. The summed E-state index contributed by atoms with van der Waals surface area (Å²) in [5.41, 5.74) is 4.88. The summed E-state index contributed by atoms with van der Waals surface area (Å²) in [6.45, 7) is 8.52. The number of amides is 1. The molecule has 0 atom stereocenters. The fourth-order valence-electron chi connectivity index (χ4n) is 2.57. The molecule has 3 aromatic rings. The average Bonchev–Trinajstić information content (AvgIpc) is 2.93. The second kappa shape index (κ2) is 5.58. The van der Waals surface area contributed by atoms with Crippen molar-refractivity contribution in [2.75, 3.05) is 5.32 Å². The summed E-state index contributed by atoms with van der Waals surface area (Å²) < 4.78 is 0. The summed E-state index contributed by atoms with van der Waals surface area (Å²) in [6.07, 6.45) is 0. The van der Waals surface area contributed by atoms with Gasteiger partial charge in [-0.25, -0.2) is 0 Å². The molecule has 1 heterocycles. The Labute approximate surface area is 136 Å². The molecule has 2 aromatic carbocycles. The zero-order valence-electron chi connectivity index (χ0n) is 14.0. The van der Waals surface area contributed by atoms with E-state index in [-0.39, 0.29) is 11.3 Å². The third-order valence-electron chi connectivity index (χ3n) is 4.03. The summed E-state index contributed by atoms with van der Waals surface area (Å²) in [7, 11) is 0. The summed E-state index contributed by atoms with van der Waals surface area (Å²) >= 11 is 0. The van der Waals surface area contributed by atoms with Gasteiger partial charge in [0.15, 0.2) is 0 Å². The minimum atomic E-state index is -0.0870. The number of hydrogen-bond donors (Lipinski definition) is 2. The van der Waals surface area contributed by atoms with Crippen molar-refractivity contribution in [3.63, 3.8) is 0 Å². The first-order valence-corrected chi connectivity index (χ1v) is 7.85. The maximum absolute atomic E-state index is 12.5. The number of carbonyl (C=O) groups is 1. The molecule has 3 rings (SSSR count). The van der Waals surface area contributed by atoms with E-state index in [9.17, 15) is 4.79 Å². The Morgan fingerprint density at radius 2 is 1.74 bits per heavy atom. The van der Waals surface area contributed by atoms with Crippen molar-refractivity contribution in [2.24, 2.45) is 0 Å². The molecule has 3 nitrogen and oxygen atoms in total. The minimum absolute atomic E-state index is 0.0389. The molecular weight excluding hydrogens is 284 g/mol. The van der Waals surface area contributed by atoms with E-state index < -0.39 is 0 Å². The van der Waals surface area contributed by atoms with Gasteiger partial charge >= 0.3 is 0 Å². The molecule has 3 heteroatoms. The summed E-state index contributed by atoms with van der Waals surface area (Å²) in [5.74, 6) is -0.0870. The van der Waals surface area contributed by atoms with E-state index in [0.717, 1.165) is 27.8 Å². The molecule has 118 valence electrons. The van der Waals surface area contributed by atoms with Gasteiger partial charge in [-0.05, 0) is 37.3 Å². The Morgan fingerprint density at radius 3 is 2.39 bits per heavy atom. The fraction of sp³-hybridized carbons (Fsp3) is 0.250. The standard InChI is InChI=1S/C20H22N2O/c1-13-8-10-14(11-9-13)19(23)22-17-7-5-6-16-15(17)12-18(21-16)20(2,3)4/h5-12,21H,1-4H3,(H,22,23). The van der Waals surface area contributed by atoms with Crippen LogP contribution in [0.25, 0.3) is 10.9 Å². The SMILES string of the molecule is Cc1ccc(C(=O)Nc2cccc3[nH]c(C(C)(C)C)cc23)cc1. The summed E-state index contributed by atoms with van der Waals surface area (Å²) in [4.78, 5) is 15.9. The van der Waals surface area contributed by atoms with E-state index >= 15 is 0 Å². The second-order valence-electron chi connectivity index (χ2n) is 7.02. The zero-order valence-corrected chi connectivity index (χ0v) is 14.0. The molecule has 0 radical (unpaired) electrons. The van der Waals surface area contributed by atoms with Crippen LogP contribution in [0.1, 0.15) is 42.4 Å². The number of aromatic nitrogens is 1. The van der Waals surface area contributed by atoms with Crippen molar-refractivity contribution in [1.29, 1.82) is 0 Å². The van der Waals surface area contributed by atoms with Gasteiger partial charge in [0.1, 0.15) is 0 Å². The lowest BCUT2D eigenvalue weighted by atomic mass is 9.92. The Hall–Kier alpha value is -2.55. The Bertz CT molecular complexity index is 851. The molecule has 0 fully saturated rings. The van der Waals surface area contributed by atoms with Gasteiger partial charge in [0.05, 0.1) is 5.69 Å². The maximum atomic E-state index is 12.5. The number of anilines is 1. The van der Waals surface area contributed by atoms with Crippen molar-refractivity contribution in [3.8, 4) is 0 Å². The normalized spacial score (nSPS) is 11.7. The van der Waals surface area contributed by atoms with Crippen LogP contribution in [0.15, 0.2) is 48.5 Å². The summed E-state index contributed by atoms with van der Waals surface area (Å²) in [6, 6.07) is 15.6. The number of nitrogens with one attached hydrogen (secondary N) is 2. The number of aromatic amines is 1. The number of benzene rings is 2. The maximum Gasteiger partial charge on any atom is 0.255 e. The van der Waals surface area contributed by atoms with E-state index in [1.807, 2.05) is 49.4 Å². The van der Waals surface area contributed by atoms with Crippen LogP contribution in [0.4, 0.5) is 5.69 Å². The highest BCUT2D eigenvalue weighted by Gasteiger charge is 2.18. The topological polar surface area (TPSA) is 44.9 Å². The van der Waals surface area contributed by atoms with Gasteiger partial charge in [-0.2, -0.15) is 0 Å². The molecule has 0 saturated carbocycles. The predicted molar refractivity (Wildman–Crippen MR) is 96.1 cm³/mol. The number of hydrogen-bond acceptors (Lipinski definition) is 1. The minimum Gasteiger partial charge on any atom is -0.358 e. The van der Waals surface area contributed by atoms with Crippen LogP contribution in [0, 0.1) is 6.92 Å². The smallest absolute Gasteiger partial charge is 0.255 e. The molecule has 1 amide bonds. The molecule has 0 aliphatic carbocycles. The van der Waals surface area contributed by atoms with Crippen LogP contribution in [-0.2, 0) is 5.41 Å². The van der Waals surface area contributed by atoms with Crippen LogP contribution >= 0.6 is 0 Å². The Balaban J connectivity index is 1.95. The highest BCUT2D eigenvalue weighted by Crippen LogP contribution is 2.30. The number of carbonyl (C=O) groups excluding carboxylic acids is 1. The molecule has 0 bridgehead atoms. The van der Waals surface area contributed by atoms with E-state index in [1.54, 1.807) is 0 Å². The molecule has 1 aromatic heterocycles. The van der Waals surface area contributed by atoms with Gasteiger partial charge in [-0.3, -0.25) is 4.79 Å². The number of aryl methyl sites for hydroxylation is 1. The van der Waals surface area contributed by atoms with Gasteiger partial charge < -0.3 is 10.3 Å². The van der Waals surface area contributed by atoms with Gasteiger partial charge in [-0.15, -0.1) is 0 Å². The third kappa shape index (κ3) is 3.14.